The van der Waals surface area contributed by atoms with Crippen LogP contribution >= 0.6 is 12.4 Å². The Kier molecular flexibility index (Phi) is 6.32. The van der Waals surface area contributed by atoms with Crippen LogP contribution in [0.4, 0.5) is 0 Å². The summed E-state index contributed by atoms with van der Waals surface area (Å²) in [7, 11) is 1.45. The minimum absolute atomic E-state index is 0. The number of nitrogens with two attached hydrogens (primary N) is 1. The number of esters is 1. The van der Waals surface area contributed by atoms with Crippen molar-refractivity contribution in [1.29, 1.82) is 0 Å². The monoisotopic (exact) mass is 283 g/mol. The number of hydrogen-bond acceptors (Lipinski definition) is 3. The highest BCUT2D eigenvalue weighted by Gasteiger charge is 2.31. The van der Waals surface area contributed by atoms with Crippen molar-refractivity contribution in [2.24, 2.45) is 17.6 Å². The van der Waals surface area contributed by atoms with Gasteiger partial charge in [0, 0.05) is 6.04 Å². The summed E-state index contributed by atoms with van der Waals surface area (Å²) < 4.78 is 4.84. The number of hydrogen-bond donors (Lipinski definition) is 1. The van der Waals surface area contributed by atoms with Crippen LogP contribution in [0, 0.1) is 11.8 Å². The first-order valence-electron chi connectivity index (χ1n) is 6.56. The van der Waals surface area contributed by atoms with Gasteiger partial charge in [-0.3, -0.25) is 4.79 Å². The lowest BCUT2D eigenvalue weighted by Gasteiger charge is -2.31. The predicted molar refractivity (Wildman–Crippen MR) is 78.2 cm³/mol. The average Bonchev–Trinajstić information content (AvgIpc) is 2.38. The molecule has 106 valence electrons. The molecule has 19 heavy (non-hydrogen) atoms. The lowest BCUT2D eigenvalue weighted by atomic mass is 9.76. The van der Waals surface area contributed by atoms with Crippen molar-refractivity contribution in [1.82, 2.24) is 0 Å². The van der Waals surface area contributed by atoms with Gasteiger partial charge in [-0.25, -0.2) is 0 Å². The minimum atomic E-state index is -0.108. The van der Waals surface area contributed by atoms with Crippen LogP contribution in [-0.4, -0.2) is 19.1 Å². The van der Waals surface area contributed by atoms with E-state index < -0.39 is 0 Å². The van der Waals surface area contributed by atoms with E-state index in [-0.39, 0.29) is 30.3 Å². The molecule has 0 aliphatic heterocycles. The fraction of sp³-hybridized carbons (Fsp3) is 0.533. The highest BCUT2D eigenvalue weighted by Crippen LogP contribution is 2.31. The number of ether oxygens (including phenoxy) is 1. The molecule has 1 saturated carbocycles. The van der Waals surface area contributed by atoms with Crippen molar-refractivity contribution in [3.05, 3.63) is 35.9 Å². The number of benzene rings is 1. The maximum atomic E-state index is 11.6. The lowest BCUT2D eigenvalue weighted by Crippen LogP contribution is -2.37. The Hall–Kier alpha value is -1.06. The van der Waals surface area contributed by atoms with Crippen LogP contribution in [0.25, 0.3) is 0 Å². The molecule has 0 saturated heterocycles. The molecule has 1 aliphatic rings. The quantitative estimate of drug-likeness (QED) is 0.868. The first-order valence-corrected chi connectivity index (χ1v) is 6.56. The molecule has 1 aromatic rings. The molecule has 0 aromatic heterocycles. The summed E-state index contributed by atoms with van der Waals surface area (Å²) in [5.74, 6) is 0.357. The fourth-order valence-corrected chi connectivity index (χ4v) is 2.96. The fourth-order valence-electron chi connectivity index (χ4n) is 2.96. The van der Waals surface area contributed by atoms with Crippen molar-refractivity contribution in [3.63, 3.8) is 0 Å². The van der Waals surface area contributed by atoms with E-state index in [0.29, 0.717) is 5.92 Å². The van der Waals surface area contributed by atoms with Crippen molar-refractivity contribution < 1.29 is 9.53 Å². The van der Waals surface area contributed by atoms with E-state index in [0.717, 1.165) is 25.7 Å². The van der Waals surface area contributed by atoms with Gasteiger partial charge in [-0.2, -0.15) is 0 Å². The van der Waals surface area contributed by atoms with E-state index in [1.54, 1.807) is 0 Å². The summed E-state index contributed by atoms with van der Waals surface area (Å²) in [4.78, 5) is 11.6. The molecule has 1 fully saturated rings. The van der Waals surface area contributed by atoms with Gasteiger partial charge in [-0.1, -0.05) is 30.3 Å². The molecule has 3 atom stereocenters. The molecule has 4 heteroatoms. The molecule has 0 bridgehead atoms. The van der Waals surface area contributed by atoms with Crippen LogP contribution in [0.1, 0.15) is 24.8 Å². The van der Waals surface area contributed by atoms with Crippen molar-refractivity contribution in [2.45, 2.75) is 31.7 Å². The van der Waals surface area contributed by atoms with Gasteiger partial charge in [-0.05, 0) is 37.2 Å². The molecule has 2 rings (SSSR count). The Bertz CT molecular complexity index is 396. The number of halogens is 1. The van der Waals surface area contributed by atoms with E-state index in [1.165, 1.54) is 12.7 Å². The van der Waals surface area contributed by atoms with Crippen molar-refractivity contribution in [3.8, 4) is 0 Å². The summed E-state index contributed by atoms with van der Waals surface area (Å²) >= 11 is 0. The number of methoxy groups -OCH3 is 1. The van der Waals surface area contributed by atoms with Gasteiger partial charge >= 0.3 is 5.97 Å². The number of rotatable bonds is 3. The van der Waals surface area contributed by atoms with Crippen LogP contribution in [-0.2, 0) is 16.0 Å². The average molecular weight is 284 g/mol. The predicted octanol–water partition coefficient (Wildman–Crippen LogP) is 2.57. The SMILES string of the molecule is COC(=O)[C@@H]1C[C@H](N)C[C@H](Cc2ccccc2)C1.Cl. The van der Waals surface area contributed by atoms with Gasteiger partial charge < -0.3 is 10.5 Å². The Balaban J connectivity index is 0.00000180. The van der Waals surface area contributed by atoms with Gasteiger partial charge in [0.05, 0.1) is 13.0 Å². The van der Waals surface area contributed by atoms with Crippen LogP contribution in [0.5, 0.6) is 0 Å². The second-order valence-electron chi connectivity index (χ2n) is 5.24. The van der Waals surface area contributed by atoms with E-state index in [2.05, 4.69) is 24.3 Å². The zero-order valence-corrected chi connectivity index (χ0v) is 12.1. The van der Waals surface area contributed by atoms with Crippen molar-refractivity contribution in [2.75, 3.05) is 7.11 Å². The van der Waals surface area contributed by atoms with Crippen LogP contribution in [0.15, 0.2) is 30.3 Å². The summed E-state index contributed by atoms with van der Waals surface area (Å²) in [6.07, 6.45) is 3.66. The largest absolute Gasteiger partial charge is 0.469 e. The summed E-state index contributed by atoms with van der Waals surface area (Å²) in [5.41, 5.74) is 7.37. The minimum Gasteiger partial charge on any atom is -0.469 e. The maximum Gasteiger partial charge on any atom is 0.308 e. The number of carbonyl (C=O) groups is 1. The first-order chi connectivity index (χ1) is 8.69. The molecular weight excluding hydrogens is 262 g/mol. The molecule has 1 aliphatic carbocycles. The van der Waals surface area contributed by atoms with E-state index in [1.807, 2.05) is 6.07 Å². The topological polar surface area (TPSA) is 52.3 Å². The molecule has 0 spiro atoms. The molecule has 0 radical (unpaired) electrons. The molecule has 3 nitrogen and oxygen atoms in total. The zero-order valence-electron chi connectivity index (χ0n) is 11.2. The molecule has 1 aromatic carbocycles. The Morgan fingerprint density at radius 1 is 1.26 bits per heavy atom. The highest BCUT2D eigenvalue weighted by molar-refractivity contribution is 5.85. The summed E-state index contributed by atoms with van der Waals surface area (Å²) in [6.45, 7) is 0. The van der Waals surface area contributed by atoms with E-state index in [9.17, 15) is 4.79 Å². The molecule has 0 amide bonds. The summed E-state index contributed by atoms with van der Waals surface area (Å²) in [6, 6.07) is 10.5. The van der Waals surface area contributed by atoms with Crippen LogP contribution in [0.3, 0.4) is 0 Å². The highest BCUT2D eigenvalue weighted by atomic mass is 35.5. The smallest absolute Gasteiger partial charge is 0.308 e. The molecule has 2 N–H and O–H groups in total. The van der Waals surface area contributed by atoms with Gasteiger partial charge in [-0.15, -0.1) is 12.4 Å². The van der Waals surface area contributed by atoms with Gasteiger partial charge in [0.15, 0.2) is 0 Å². The molecular formula is C15H22ClNO2. The third kappa shape index (κ3) is 4.51. The normalized spacial score (nSPS) is 26.3. The van der Waals surface area contributed by atoms with Gasteiger partial charge in [0.25, 0.3) is 0 Å². The number of carbonyl (C=O) groups excluding carboxylic acids is 1. The molecule has 0 heterocycles. The van der Waals surface area contributed by atoms with E-state index >= 15 is 0 Å². The van der Waals surface area contributed by atoms with E-state index in [4.69, 9.17) is 10.5 Å². The first kappa shape index (κ1) is 16.0. The van der Waals surface area contributed by atoms with Crippen LogP contribution in [0.2, 0.25) is 0 Å². The molecule has 0 unspecified atom stereocenters. The Morgan fingerprint density at radius 3 is 2.58 bits per heavy atom. The Morgan fingerprint density at radius 2 is 1.95 bits per heavy atom. The zero-order chi connectivity index (χ0) is 13.0. The lowest BCUT2D eigenvalue weighted by molar-refractivity contribution is -0.147. The standard InChI is InChI=1S/C15H21NO2.ClH/c1-18-15(17)13-8-12(9-14(16)10-13)7-11-5-3-2-4-6-11;/h2-6,12-14H,7-10,16H2,1H3;1H/t12-,13+,14-;/m1./s1. The summed E-state index contributed by atoms with van der Waals surface area (Å²) in [5, 5.41) is 0. The van der Waals surface area contributed by atoms with Crippen LogP contribution < -0.4 is 5.73 Å². The van der Waals surface area contributed by atoms with Crippen molar-refractivity contribution >= 4 is 18.4 Å². The Labute approximate surface area is 120 Å². The second-order valence-corrected chi connectivity index (χ2v) is 5.24. The second kappa shape index (κ2) is 7.51. The third-order valence-electron chi connectivity index (χ3n) is 3.74. The van der Waals surface area contributed by atoms with Gasteiger partial charge in [0.1, 0.15) is 0 Å². The maximum absolute atomic E-state index is 11.6. The van der Waals surface area contributed by atoms with Gasteiger partial charge in [0.2, 0.25) is 0 Å². The third-order valence-corrected chi connectivity index (χ3v) is 3.74.